The minimum absolute atomic E-state index is 0.0354. The van der Waals surface area contributed by atoms with E-state index >= 15 is 0 Å². The van der Waals surface area contributed by atoms with Crippen molar-refractivity contribution < 1.29 is 19.1 Å². The van der Waals surface area contributed by atoms with Crippen LogP contribution in [0, 0.1) is 0 Å². The van der Waals surface area contributed by atoms with Crippen LogP contribution in [-0.4, -0.2) is 36.0 Å². The third kappa shape index (κ3) is 3.56. The molecule has 2 aromatic carbocycles. The highest BCUT2D eigenvalue weighted by molar-refractivity contribution is 6.26. The molecule has 0 unspecified atom stereocenters. The number of rotatable bonds is 4. The van der Waals surface area contributed by atoms with Crippen molar-refractivity contribution in [1.29, 1.82) is 0 Å². The Hall–Kier alpha value is -4.07. The monoisotopic (exact) mass is 375 g/mol. The molecule has 4 rings (SSSR count). The number of phenolic OH excluding ortho intramolecular Hbond substituents is 1. The third-order valence-electron chi connectivity index (χ3n) is 3.88. The van der Waals surface area contributed by atoms with E-state index in [0.717, 1.165) is 5.56 Å². The molecule has 1 aliphatic rings. The van der Waals surface area contributed by atoms with Gasteiger partial charge in [-0.3, -0.25) is 9.59 Å². The second-order valence-electron chi connectivity index (χ2n) is 5.81. The van der Waals surface area contributed by atoms with Crippen LogP contribution in [-0.2, 0) is 4.79 Å². The molecule has 0 bridgehead atoms. The predicted octanol–water partition coefficient (Wildman–Crippen LogP) is 2.58. The topological polar surface area (TPSA) is 114 Å². The van der Waals surface area contributed by atoms with Gasteiger partial charge in [-0.25, -0.2) is 9.98 Å². The maximum Gasteiger partial charge on any atom is 0.286 e. The summed E-state index contributed by atoms with van der Waals surface area (Å²) in [4.78, 5) is 35.4. The molecule has 3 aromatic rings. The van der Waals surface area contributed by atoms with Crippen molar-refractivity contribution >= 4 is 35.3 Å². The van der Waals surface area contributed by atoms with Gasteiger partial charge in [0.1, 0.15) is 28.2 Å². The average molecular weight is 375 g/mol. The van der Waals surface area contributed by atoms with Crippen LogP contribution < -0.4 is 10.2 Å². The van der Waals surface area contributed by atoms with Gasteiger partial charge >= 0.3 is 0 Å². The van der Waals surface area contributed by atoms with Crippen molar-refractivity contribution in [2.75, 3.05) is 6.61 Å². The Labute approximate surface area is 158 Å². The number of benzene rings is 2. The fourth-order valence-electron chi connectivity index (χ4n) is 2.65. The van der Waals surface area contributed by atoms with Crippen molar-refractivity contribution in [3.63, 3.8) is 0 Å². The van der Waals surface area contributed by atoms with Gasteiger partial charge in [0.2, 0.25) is 0 Å². The lowest BCUT2D eigenvalue weighted by atomic mass is 10.1. The van der Waals surface area contributed by atoms with E-state index < -0.39 is 5.91 Å². The summed E-state index contributed by atoms with van der Waals surface area (Å²) in [5.74, 6) is -0.331. The summed E-state index contributed by atoms with van der Waals surface area (Å²) in [5.41, 5.74) is 0.477. The second kappa shape index (κ2) is 7.28. The second-order valence-corrected chi connectivity index (χ2v) is 5.81. The van der Waals surface area contributed by atoms with Crippen LogP contribution in [0.5, 0.6) is 11.5 Å². The molecule has 28 heavy (non-hydrogen) atoms. The summed E-state index contributed by atoms with van der Waals surface area (Å²) < 4.78 is 11.1. The fraction of sp³-hybridized carbons (Fsp3) is 0.0500. The van der Waals surface area contributed by atoms with Gasteiger partial charge in [-0.15, -0.1) is 0 Å². The maximum atomic E-state index is 12.4. The average Bonchev–Trinajstić information content (AvgIpc) is 3.19. The summed E-state index contributed by atoms with van der Waals surface area (Å²) in [6.07, 6.45) is 2.83. The minimum Gasteiger partial charge on any atom is -0.507 e. The summed E-state index contributed by atoms with van der Waals surface area (Å²) in [5, 5.41) is 10.2. The molecule has 8 heteroatoms. The number of ether oxygens (including phenoxy) is 1. The minimum atomic E-state index is -0.592. The Morgan fingerprint density at radius 1 is 1.11 bits per heavy atom. The number of aliphatic imine (C=N–C) groups is 3. The zero-order valence-electron chi connectivity index (χ0n) is 14.4. The number of aromatic hydroxyl groups is 1. The summed E-state index contributed by atoms with van der Waals surface area (Å²) in [6.45, 7) is -0.387. The number of carbonyl (C=O) groups is 1. The Morgan fingerprint density at radius 2 is 1.86 bits per heavy atom. The van der Waals surface area contributed by atoms with Gasteiger partial charge < -0.3 is 14.3 Å². The standard InChI is InChI=1S/C20H13N3O5/c24-14-8-13(27-11-18(26)23-20-21-6-7-22-20)9-17-19(14)15(25)10-16(28-17)12-4-2-1-3-5-12/h1-10,24H,11H2. The van der Waals surface area contributed by atoms with E-state index in [2.05, 4.69) is 15.0 Å². The zero-order chi connectivity index (χ0) is 19.5. The normalized spacial score (nSPS) is 12.5. The van der Waals surface area contributed by atoms with Crippen molar-refractivity contribution in [3.05, 3.63) is 58.8 Å². The van der Waals surface area contributed by atoms with E-state index in [1.54, 1.807) is 12.1 Å². The molecule has 8 nitrogen and oxygen atoms in total. The van der Waals surface area contributed by atoms with E-state index in [0.29, 0.717) is 5.76 Å². The van der Waals surface area contributed by atoms with E-state index in [1.807, 2.05) is 18.2 Å². The molecule has 0 fully saturated rings. The Bertz CT molecular complexity index is 1200. The lowest BCUT2D eigenvalue weighted by Gasteiger charge is -2.08. The molecule has 1 aliphatic heterocycles. The lowest BCUT2D eigenvalue weighted by Crippen LogP contribution is -2.10. The van der Waals surface area contributed by atoms with Crippen molar-refractivity contribution in [3.8, 4) is 22.8 Å². The van der Waals surface area contributed by atoms with E-state index in [9.17, 15) is 14.7 Å². The van der Waals surface area contributed by atoms with Crippen LogP contribution in [0.1, 0.15) is 0 Å². The summed E-state index contributed by atoms with van der Waals surface area (Å²) >= 11 is 0. The SMILES string of the molecule is O=C(COc1cc(O)c2c(=O)cc(-c3ccccc3)oc2c1)N=C1N=CC=N1. The van der Waals surface area contributed by atoms with Crippen LogP contribution in [0.2, 0.25) is 0 Å². The summed E-state index contributed by atoms with van der Waals surface area (Å²) in [7, 11) is 0. The van der Waals surface area contributed by atoms with Crippen LogP contribution >= 0.6 is 0 Å². The van der Waals surface area contributed by atoms with Crippen molar-refractivity contribution in [1.82, 2.24) is 0 Å². The van der Waals surface area contributed by atoms with Crippen LogP contribution in [0.3, 0.4) is 0 Å². The Kier molecular flexibility index (Phi) is 4.51. The van der Waals surface area contributed by atoms with Gasteiger partial charge in [-0.2, -0.15) is 4.99 Å². The molecule has 0 saturated heterocycles. The molecule has 0 radical (unpaired) electrons. The van der Waals surface area contributed by atoms with Gasteiger partial charge in [0, 0.05) is 36.2 Å². The number of carbonyl (C=O) groups excluding carboxylic acids is 1. The first-order chi connectivity index (χ1) is 13.6. The first kappa shape index (κ1) is 17.3. The summed E-state index contributed by atoms with van der Waals surface area (Å²) in [6, 6.07) is 13.1. The van der Waals surface area contributed by atoms with E-state index in [-0.39, 0.29) is 40.5 Å². The quantitative estimate of drug-likeness (QED) is 0.753. The van der Waals surface area contributed by atoms with Gasteiger partial charge in [-0.05, 0) is 0 Å². The number of fused-ring (bicyclic) bond motifs is 1. The number of nitrogens with zero attached hydrogens (tertiary/aromatic N) is 3. The van der Waals surface area contributed by atoms with Crippen molar-refractivity contribution in [2.45, 2.75) is 0 Å². The molecule has 0 atom stereocenters. The van der Waals surface area contributed by atoms with Gasteiger partial charge in [0.25, 0.3) is 11.9 Å². The molecule has 0 spiro atoms. The highest BCUT2D eigenvalue weighted by atomic mass is 16.5. The first-order valence-electron chi connectivity index (χ1n) is 8.27. The molecule has 1 aromatic heterocycles. The van der Waals surface area contributed by atoms with Gasteiger partial charge in [0.15, 0.2) is 12.0 Å². The third-order valence-corrected chi connectivity index (χ3v) is 3.88. The molecular weight excluding hydrogens is 362 g/mol. The number of phenols is 1. The first-order valence-corrected chi connectivity index (χ1v) is 8.27. The highest BCUT2D eigenvalue weighted by Gasteiger charge is 2.14. The van der Waals surface area contributed by atoms with E-state index in [4.69, 9.17) is 9.15 Å². The van der Waals surface area contributed by atoms with Gasteiger partial charge in [-0.1, -0.05) is 30.3 Å². The predicted molar refractivity (Wildman–Crippen MR) is 105 cm³/mol. The highest BCUT2D eigenvalue weighted by Crippen LogP contribution is 2.31. The van der Waals surface area contributed by atoms with Crippen molar-refractivity contribution in [2.24, 2.45) is 15.0 Å². The molecule has 1 amide bonds. The number of hydrogen-bond acceptors (Lipinski definition) is 5. The number of amides is 1. The lowest BCUT2D eigenvalue weighted by molar-refractivity contribution is -0.119. The van der Waals surface area contributed by atoms with Crippen LogP contribution in [0.4, 0.5) is 0 Å². The van der Waals surface area contributed by atoms with Gasteiger partial charge in [0.05, 0.1) is 0 Å². The molecule has 0 aliphatic carbocycles. The number of guanidine groups is 1. The number of hydrogen-bond donors (Lipinski definition) is 1. The largest absolute Gasteiger partial charge is 0.507 e. The smallest absolute Gasteiger partial charge is 0.286 e. The Balaban J connectivity index is 1.64. The van der Waals surface area contributed by atoms with Crippen LogP contribution in [0.25, 0.3) is 22.3 Å². The molecule has 2 heterocycles. The molecule has 138 valence electrons. The fourth-order valence-corrected chi connectivity index (χ4v) is 2.65. The van der Waals surface area contributed by atoms with E-state index in [1.165, 1.54) is 30.6 Å². The van der Waals surface area contributed by atoms with Crippen LogP contribution in [0.15, 0.2) is 72.7 Å². The maximum absolute atomic E-state index is 12.4. The zero-order valence-corrected chi connectivity index (χ0v) is 14.4. The Morgan fingerprint density at radius 3 is 2.61 bits per heavy atom. The molecule has 0 saturated carbocycles. The molecular formula is C20H13N3O5. The molecule has 1 N–H and O–H groups in total.